The lowest BCUT2D eigenvalue weighted by atomic mass is 10.2. The van der Waals surface area contributed by atoms with Gasteiger partial charge in [0.25, 0.3) is 11.8 Å². The fourth-order valence-electron chi connectivity index (χ4n) is 3.13. The molecule has 0 spiro atoms. The summed E-state index contributed by atoms with van der Waals surface area (Å²) in [5.41, 5.74) is 1.50. The van der Waals surface area contributed by atoms with E-state index in [-0.39, 0.29) is 29.8 Å². The van der Waals surface area contributed by atoms with Gasteiger partial charge in [0.15, 0.2) is 5.69 Å². The largest absolute Gasteiger partial charge is 0.378 e. The zero-order valence-corrected chi connectivity index (χ0v) is 15.1. The lowest BCUT2D eigenvalue weighted by molar-refractivity contribution is 0.0294. The zero-order valence-electron chi connectivity index (χ0n) is 15.1. The Balaban J connectivity index is 1.59. The number of nitrogens with one attached hydrogen (secondary N) is 1. The molecule has 1 aromatic carbocycles. The first-order valence-electron chi connectivity index (χ1n) is 9.00. The monoisotopic (exact) mass is 382 g/mol. The number of ether oxygens (including phenoxy) is 1. The summed E-state index contributed by atoms with van der Waals surface area (Å²) < 4.78 is 19.9. The SMILES string of the molecule is O=C(NCc1ccc(F)cc1)c1nc(C(=O)N2CCOCC2)n2ccccc12. The second-order valence-corrected chi connectivity index (χ2v) is 6.45. The van der Waals surface area contributed by atoms with E-state index in [4.69, 9.17) is 4.74 Å². The molecule has 7 nitrogen and oxygen atoms in total. The van der Waals surface area contributed by atoms with Gasteiger partial charge in [-0.05, 0) is 29.8 Å². The second-order valence-electron chi connectivity index (χ2n) is 6.45. The van der Waals surface area contributed by atoms with Gasteiger partial charge in [-0.2, -0.15) is 0 Å². The molecule has 1 aliphatic heterocycles. The Labute approximate surface area is 160 Å². The predicted octanol–water partition coefficient (Wildman–Crippen LogP) is 1.88. The van der Waals surface area contributed by atoms with Crippen molar-refractivity contribution >= 4 is 17.3 Å². The Kier molecular flexibility index (Phi) is 5.03. The molecule has 0 saturated carbocycles. The van der Waals surface area contributed by atoms with Crippen LogP contribution < -0.4 is 5.32 Å². The molecule has 144 valence electrons. The van der Waals surface area contributed by atoms with Crippen LogP contribution in [-0.4, -0.2) is 52.4 Å². The molecule has 2 amide bonds. The van der Waals surface area contributed by atoms with Gasteiger partial charge in [0, 0.05) is 25.8 Å². The van der Waals surface area contributed by atoms with Gasteiger partial charge in [0.05, 0.1) is 18.7 Å². The number of carbonyl (C=O) groups excluding carboxylic acids is 2. The zero-order chi connectivity index (χ0) is 19.5. The molecule has 3 aromatic rings. The molecule has 4 rings (SSSR count). The number of benzene rings is 1. The van der Waals surface area contributed by atoms with Gasteiger partial charge in [0.2, 0.25) is 5.82 Å². The molecule has 0 radical (unpaired) electrons. The highest BCUT2D eigenvalue weighted by Crippen LogP contribution is 2.16. The van der Waals surface area contributed by atoms with Crippen molar-refractivity contribution in [3.05, 3.63) is 71.6 Å². The van der Waals surface area contributed by atoms with Gasteiger partial charge in [-0.25, -0.2) is 9.37 Å². The lowest BCUT2D eigenvalue weighted by Crippen LogP contribution is -2.41. The fraction of sp³-hybridized carbons (Fsp3) is 0.250. The van der Waals surface area contributed by atoms with E-state index in [1.54, 1.807) is 45.8 Å². The predicted molar refractivity (Wildman–Crippen MR) is 99.5 cm³/mol. The molecule has 1 N–H and O–H groups in total. The Morgan fingerprint density at radius 1 is 1.11 bits per heavy atom. The first-order chi connectivity index (χ1) is 13.6. The Morgan fingerprint density at radius 2 is 1.86 bits per heavy atom. The van der Waals surface area contributed by atoms with Crippen LogP contribution in [0.5, 0.6) is 0 Å². The van der Waals surface area contributed by atoms with Crippen LogP contribution >= 0.6 is 0 Å². The van der Waals surface area contributed by atoms with E-state index in [0.717, 1.165) is 5.56 Å². The maximum Gasteiger partial charge on any atom is 0.290 e. The molecule has 1 fully saturated rings. The third kappa shape index (κ3) is 3.59. The highest BCUT2D eigenvalue weighted by Gasteiger charge is 2.26. The van der Waals surface area contributed by atoms with Crippen molar-refractivity contribution in [2.75, 3.05) is 26.3 Å². The van der Waals surface area contributed by atoms with Crippen LogP contribution in [0, 0.1) is 5.82 Å². The molecule has 3 heterocycles. The van der Waals surface area contributed by atoms with Crippen molar-refractivity contribution in [1.82, 2.24) is 19.6 Å². The number of aromatic nitrogens is 2. The van der Waals surface area contributed by atoms with Gasteiger partial charge in [-0.15, -0.1) is 0 Å². The van der Waals surface area contributed by atoms with Crippen molar-refractivity contribution in [3.63, 3.8) is 0 Å². The number of morpholine rings is 1. The minimum Gasteiger partial charge on any atom is -0.378 e. The molecule has 0 aliphatic carbocycles. The highest BCUT2D eigenvalue weighted by molar-refractivity contribution is 6.02. The molecule has 1 aliphatic rings. The third-order valence-electron chi connectivity index (χ3n) is 4.62. The van der Waals surface area contributed by atoms with Crippen molar-refractivity contribution in [2.45, 2.75) is 6.54 Å². The number of imidazole rings is 1. The molecule has 8 heteroatoms. The first-order valence-corrected chi connectivity index (χ1v) is 9.00. The summed E-state index contributed by atoms with van der Waals surface area (Å²) >= 11 is 0. The minimum absolute atomic E-state index is 0.180. The maximum absolute atomic E-state index is 13.0. The van der Waals surface area contributed by atoms with Gasteiger partial charge in [0.1, 0.15) is 5.82 Å². The number of pyridine rings is 1. The van der Waals surface area contributed by atoms with Crippen molar-refractivity contribution in [2.24, 2.45) is 0 Å². The summed E-state index contributed by atoms with van der Waals surface area (Å²) in [6, 6.07) is 11.2. The first kappa shape index (κ1) is 18.1. The average Bonchev–Trinajstić information content (AvgIpc) is 3.13. The Bertz CT molecular complexity index is 1010. The smallest absolute Gasteiger partial charge is 0.290 e. The van der Waals surface area contributed by atoms with E-state index in [9.17, 15) is 14.0 Å². The van der Waals surface area contributed by atoms with Crippen LogP contribution in [-0.2, 0) is 11.3 Å². The minimum atomic E-state index is -0.394. The summed E-state index contributed by atoms with van der Waals surface area (Å²) in [5, 5.41) is 2.78. The number of rotatable bonds is 4. The van der Waals surface area contributed by atoms with Crippen LogP contribution in [0.4, 0.5) is 4.39 Å². The Hall–Kier alpha value is -3.26. The summed E-state index contributed by atoms with van der Waals surface area (Å²) in [5.74, 6) is -0.762. The standard InChI is InChI=1S/C20H19FN4O3/c21-15-6-4-14(5-7-15)13-22-19(26)17-16-3-1-2-8-25(16)18(23-17)20(27)24-9-11-28-12-10-24/h1-8H,9-13H2,(H,22,26). The van der Waals surface area contributed by atoms with Crippen LogP contribution in [0.25, 0.3) is 5.52 Å². The van der Waals surface area contributed by atoms with Gasteiger partial charge in [-0.1, -0.05) is 18.2 Å². The number of carbonyl (C=O) groups is 2. The lowest BCUT2D eigenvalue weighted by Gasteiger charge is -2.26. The molecular formula is C20H19FN4O3. The highest BCUT2D eigenvalue weighted by atomic mass is 19.1. The number of halogens is 1. The van der Waals surface area contributed by atoms with E-state index in [1.165, 1.54) is 12.1 Å². The summed E-state index contributed by atoms with van der Waals surface area (Å²) in [4.78, 5) is 31.6. The average molecular weight is 382 g/mol. The third-order valence-corrected chi connectivity index (χ3v) is 4.62. The molecule has 0 unspecified atom stereocenters. The number of hydrogen-bond acceptors (Lipinski definition) is 4. The molecule has 0 bridgehead atoms. The number of hydrogen-bond donors (Lipinski definition) is 1. The molecule has 2 aromatic heterocycles. The van der Waals surface area contributed by atoms with E-state index >= 15 is 0 Å². The van der Waals surface area contributed by atoms with Crippen molar-refractivity contribution < 1.29 is 18.7 Å². The molecule has 0 atom stereocenters. The maximum atomic E-state index is 13.0. The summed E-state index contributed by atoms with van der Waals surface area (Å²) in [7, 11) is 0. The molecule has 1 saturated heterocycles. The van der Waals surface area contributed by atoms with Crippen LogP contribution in [0.3, 0.4) is 0 Å². The van der Waals surface area contributed by atoms with E-state index in [1.807, 2.05) is 0 Å². The number of nitrogens with zero attached hydrogens (tertiary/aromatic N) is 3. The van der Waals surface area contributed by atoms with E-state index in [2.05, 4.69) is 10.3 Å². The Morgan fingerprint density at radius 3 is 2.61 bits per heavy atom. The van der Waals surface area contributed by atoms with Crippen molar-refractivity contribution in [1.29, 1.82) is 0 Å². The van der Waals surface area contributed by atoms with Gasteiger partial charge in [-0.3, -0.25) is 14.0 Å². The summed E-state index contributed by atoms with van der Waals surface area (Å²) in [6.45, 7) is 2.19. The second kappa shape index (κ2) is 7.77. The van der Waals surface area contributed by atoms with E-state index < -0.39 is 5.91 Å². The van der Waals surface area contributed by atoms with Crippen LogP contribution in [0.15, 0.2) is 48.7 Å². The van der Waals surface area contributed by atoms with Gasteiger partial charge < -0.3 is 15.0 Å². The molecular weight excluding hydrogens is 363 g/mol. The van der Waals surface area contributed by atoms with Crippen molar-refractivity contribution in [3.8, 4) is 0 Å². The normalized spacial score (nSPS) is 14.2. The molecule has 28 heavy (non-hydrogen) atoms. The quantitative estimate of drug-likeness (QED) is 0.748. The number of amides is 2. The van der Waals surface area contributed by atoms with E-state index in [0.29, 0.717) is 31.8 Å². The topological polar surface area (TPSA) is 75.9 Å². The van der Waals surface area contributed by atoms with Crippen LogP contribution in [0.2, 0.25) is 0 Å². The van der Waals surface area contributed by atoms with Gasteiger partial charge >= 0.3 is 0 Å². The van der Waals surface area contributed by atoms with Crippen LogP contribution in [0.1, 0.15) is 26.7 Å². The fourth-order valence-corrected chi connectivity index (χ4v) is 3.13. The number of fused-ring (bicyclic) bond motifs is 1. The summed E-state index contributed by atoms with van der Waals surface area (Å²) in [6.07, 6.45) is 1.72.